The van der Waals surface area contributed by atoms with Crippen LogP contribution in [0.15, 0.2) is 73.1 Å². The lowest BCUT2D eigenvalue weighted by Gasteiger charge is -2.06. The van der Waals surface area contributed by atoms with Gasteiger partial charge in [-0.3, -0.25) is 9.59 Å². The van der Waals surface area contributed by atoms with Crippen LogP contribution in [0.2, 0.25) is 0 Å². The molecule has 0 saturated carbocycles. The number of benzene rings is 2. The molecule has 1 amide bonds. The summed E-state index contributed by atoms with van der Waals surface area (Å²) in [4.78, 5) is 24.3. The van der Waals surface area contributed by atoms with Gasteiger partial charge in [0.25, 0.3) is 5.91 Å². The standard InChI is InChI=1S/C20H14F2N2O2/c21-16-7-4-8-17(22)19(16)23-18(25)13-24-11-9-15(10-12-24)20(26)14-5-2-1-3-6-14/h1-12H,13H2/p+1. The summed E-state index contributed by atoms with van der Waals surface area (Å²) in [5.74, 6) is -2.39. The average Bonchev–Trinajstić information content (AvgIpc) is 2.66. The molecule has 3 rings (SSSR count). The number of carbonyl (C=O) groups is 2. The van der Waals surface area contributed by atoms with Crippen LogP contribution in [0.1, 0.15) is 15.9 Å². The quantitative estimate of drug-likeness (QED) is 0.566. The van der Waals surface area contributed by atoms with Gasteiger partial charge in [0.2, 0.25) is 6.54 Å². The molecule has 2 aromatic carbocycles. The summed E-state index contributed by atoms with van der Waals surface area (Å²) < 4.78 is 28.6. The molecule has 0 unspecified atom stereocenters. The van der Waals surface area contributed by atoms with Crippen LogP contribution in [-0.4, -0.2) is 11.7 Å². The van der Waals surface area contributed by atoms with Crippen molar-refractivity contribution in [3.63, 3.8) is 0 Å². The van der Waals surface area contributed by atoms with Gasteiger partial charge < -0.3 is 5.32 Å². The Bertz CT molecular complexity index is 922. The molecule has 0 spiro atoms. The summed E-state index contributed by atoms with van der Waals surface area (Å²) in [6.07, 6.45) is 3.13. The van der Waals surface area contributed by atoms with Crippen molar-refractivity contribution in [3.05, 3.63) is 95.8 Å². The summed E-state index contributed by atoms with van der Waals surface area (Å²) in [6, 6.07) is 15.4. The van der Waals surface area contributed by atoms with Crippen LogP contribution in [0.4, 0.5) is 14.5 Å². The first-order valence-corrected chi connectivity index (χ1v) is 7.87. The Morgan fingerprint density at radius 1 is 0.808 bits per heavy atom. The Morgan fingerprint density at radius 3 is 2.00 bits per heavy atom. The van der Waals surface area contributed by atoms with Crippen LogP contribution in [-0.2, 0) is 11.3 Å². The number of hydrogen-bond donors (Lipinski definition) is 1. The molecule has 130 valence electrons. The molecule has 0 aliphatic carbocycles. The van der Waals surface area contributed by atoms with E-state index in [0.717, 1.165) is 12.1 Å². The maximum absolute atomic E-state index is 13.6. The largest absolute Gasteiger partial charge is 0.316 e. The molecule has 0 saturated heterocycles. The predicted molar refractivity (Wildman–Crippen MR) is 91.5 cm³/mol. The Hall–Kier alpha value is -3.41. The second-order valence-corrected chi connectivity index (χ2v) is 5.60. The van der Waals surface area contributed by atoms with Crippen molar-refractivity contribution >= 4 is 17.4 Å². The molecule has 6 heteroatoms. The number of halogens is 2. The fourth-order valence-electron chi connectivity index (χ4n) is 2.43. The topological polar surface area (TPSA) is 50.0 Å². The number of para-hydroxylation sites is 1. The highest BCUT2D eigenvalue weighted by molar-refractivity contribution is 6.08. The number of nitrogens with zero attached hydrogens (tertiary/aromatic N) is 1. The van der Waals surface area contributed by atoms with E-state index in [-0.39, 0.29) is 12.3 Å². The van der Waals surface area contributed by atoms with Crippen molar-refractivity contribution in [2.75, 3.05) is 5.32 Å². The van der Waals surface area contributed by atoms with Crippen molar-refractivity contribution in [2.24, 2.45) is 0 Å². The fraction of sp³-hybridized carbons (Fsp3) is 0.0500. The van der Waals surface area contributed by atoms with Crippen LogP contribution < -0.4 is 9.88 Å². The molecule has 4 nitrogen and oxygen atoms in total. The van der Waals surface area contributed by atoms with E-state index in [4.69, 9.17) is 0 Å². The number of nitrogens with one attached hydrogen (secondary N) is 1. The molecule has 0 aliphatic rings. The number of aromatic nitrogens is 1. The third kappa shape index (κ3) is 3.97. The van der Waals surface area contributed by atoms with Crippen molar-refractivity contribution < 1.29 is 22.9 Å². The van der Waals surface area contributed by atoms with E-state index in [1.54, 1.807) is 48.8 Å². The average molecular weight is 353 g/mol. The normalized spacial score (nSPS) is 10.4. The predicted octanol–water partition coefficient (Wildman–Crippen LogP) is 3.12. The van der Waals surface area contributed by atoms with Crippen molar-refractivity contribution in [2.45, 2.75) is 6.54 Å². The zero-order valence-corrected chi connectivity index (χ0v) is 13.7. The Kier molecular flexibility index (Phi) is 5.12. The third-order valence-electron chi connectivity index (χ3n) is 3.74. The minimum Gasteiger partial charge on any atom is -0.316 e. The van der Waals surface area contributed by atoms with E-state index in [9.17, 15) is 18.4 Å². The minimum atomic E-state index is -0.841. The van der Waals surface area contributed by atoms with Crippen molar-refractivity contribution in [3.8, 4) is 0 Å². The van der Waals surface area contributed by atoms with Crippen molar-refractivity contribution in [1.82, 2.24) is 0 Å². The van der Waals surface area contributed by atoms with Gasteiger partial charge in [-0.15, -0.1) is 0 Å². The third-order valence-corrected chi connectivity index (χ3v) is 3.74. The Balaban J connectivity index is 1.68. The molecule has 0 aliphatic heterocycles. The summed E-state index contributed by atoms with van der Waals surface area (Å²) in [5.41, 5.74) is 0.569. The highest BCUT2D eigenvalue weighted by Gasteiger charge is 2.16. The van der Waals surface area contributed by atoms with E-state index in [0.29, 0.717) is 11.1 Å². The molecular weight excluding hydrogens is 338 g/mol. The second kappa shape index (κ2) is 7.65. The SMILES string of the molecule is O=C(C[n+]1ccc(C(=O)c2ccccc2)cc1)Nc1c(F)cccc1F. The fourth-order valence-corrected chi connectivity index (χ4v) is 2.43. The van der Waals surface area contributed by atoms with Gasteiger partial charge in [-0.25, -0.2) is 8.78 Å². The lowest BCUT2D eigenvalue weighted by atomic mass is 10.0. The van der Waals surface area contributed by atoms with Gasteiger partial charge in [0.05, 0.1) is 0 Å². The molecule has 0 atom stereocenters. The summed E-state index contributed by atoms with van der Waals surface area (Å²) in [5, 5.41) is 2.21. The molecule has 0 radical (unpaired) electrons. The number of pyridine rings is 1. The highest BCUT2D eigenvalue weighted by Crippen LogP contribution is 2.17. The minimum absolute atomic E-state index is 0.129. The van der Waals surface area contributed by atoms with Crippen LogP contribution in [0, 0.1) is 11.6 Å². The molecule has 0 fully saturated rings. The number of amides is 1. The van der Waals surface area contributed by atoms with Gasteiger partial charge >= 0.3 is 0 Å². The molecule has 1 heterocycles. The number of carbonyl (C=O) groups excluding carboxylic acids is 2. The maximum atomic E-state index is 13.6. The second-order valence-electron chi connectivity index (χ2n) is 5.60. The first-order valence-electron chi connectivity index (χ1n) is 7.87. The van der Waals surface area contributed by atoms with E-state index in [1.807, 2.05) is 6.07 Å². The number of hydrogen-bond acceptors (Lipinski definition) is 2. The van der Waals surface area contributed by atoms with Crippen LogP contribution in [0.3, 0.4) is 0 Å². The van der Waals surface area contributed by atoms with Crippen LogP contribution >= 0.6 is 0 Å². The van der Waals surface area contributed by atoms with Gasteiger partial charge in [-0.05, 0) is 12.1 Å². The van der Waals surface area contributed by atoms with E-state index < -0.39 is 23.2 Å². The zero-order valence-electron chi connectivity index (χ0n) is 13.7. The number of rotatable bonds is 5. The molecule has 3 aromatic rings. The first-order chi connectivity index (χ1) is 12.5. The molecule has 1 aromatic heterocycles. The Labute approximate surface area is 148 Å². The number of ketones is 1. The number of anilines is 1. The summed E-state index contributed by atoms with van der Waals surface area (Å²) in [7, 11) is 0. The monoisotopic (exact) mass is 353 g/mol. The summed E-state index contributed by atoms with van der Waals surface area (Å²) >= 11 is 0. The first kappa shape index (κ1) is 17.4. The lowest BCUT2D eigenvalue weighted by Crippen LogP contribution is -2.40. The van der Waals surface area contributed by atoms with Crippen LogP contribution in [0.5, 0.6) is 0 Å². The maximum Gasteiger partial charge on any atom is 0.290 e. The van der Waals surface area contributed by atoms with Gasteiger partial charge in [0.1, 0.15) is 17.3 Å². The molecule has 26 heavy (non-hydrogen) atoms. The lowest BCUT2D eigenvalue weighted by molar-refractivity contribution is -0.684. The van der Waals surface area contributed by atoms with Gasteiger partial charge in [-0.1, -0.05) is 36.4 Å². The van der Waals surface area contributed by atoms with Crippen molar-refractivity contribution in [1.29, 1.82) is 0 Å². The van der Waals surface area contributed by atoms with Gasteiger partial charge in [0, 0.05) is 23.3 Å². The molecule has 0 bridgehead atoms. The van der Waals surface area contributed by atoms with Gasteiger partial charge in [0.15, 0.2) is 18.2 Å². The summed E-state index contributed by atoms with van der Waals surface area (Å²) in [6.45, 7) is -0.145. The Morgan fingerprint density at radius 2 is 1.38 bits per heavy atom. The highest BCUT2D eigenvalue weighted by atomic mass is 19.1. The smallest absolute Gasteiger partial charge is 0.290 e. The molecular formula is C20H15F2N2O2+. The van der Waals surface area contributed by atoms with E-state index in [2.05, 4.69) is 5.32 Å². The van der Waals surface area contributed by atoms with E-state index >= 15 is 0 Å². The van der Waals surface area contributed by atoms with Crippen LogP contribution in [0.25, 0.3) is 0 Å². The zero-order chi connectivity index (χ0) is 18.5. The van der Waals surface area contributed by atoms with E-state index in [1.165, 1.54) is 10.6 Å². The molecule has 1 N–H and O–H groups in total. The van der Waals surface area contributed by atoms with Gasteiger partial charge in [-0.2, -0.15) is 4.57 Å².